The number of hydrogen-bond acceptors (Lipinski definition) is 4. The third kappa shape index (κ3) is 3.27. The van der Waals surface area contributed by atoms with Gasteiger partial charge >= 0.3 is 0 Å². The molecule has 1 unspecified atom stereocenters. The van der Waals surface area contributed by atoms with Crippen LogP contribution >= 0.6 is 11.3 Å². The van der Waals surface area contributed by atoms with E-state index in [4.69, 9.17) is 0 Å². The summed E-state index contributed by atoms with van der Waals surface area (Å²) in [5.74, 6) is 0.114. The first-order valence-electron chi connectivity index (χ1n) is 9.67. The van der Waals surface area contributed by atoms with Crippen LogP contribution in [0.2, 0.25) is 0 Å². The minimum Gasteiger partial charge on any atom is -0.340 e. The van der Waals surface area contributed by atoms with Gasteiger partial charge in [-0.05, 0) is 44.6 Å². The van der Waals surface area contributed by atoms with Crippen LogP contribution in [-0.2, 0) is 11.2 Å². The Bertz CT molecular complexity index is 835. The second kappa shape index (κ2) is 7.43. The molecule has 5 nitrogen and oxygen atoms in total. The zero-order chi connectivity index (χ0) is 18.9. The average molecular weight is 384 g/mol. The van der Waals surface area contributed by atoms with Crippen molar-refractivity contribution in [1.82, 2.24) is 14.8 Å². The first-order chi connectivity index (χ1) is 13.1. The number of rotatable bonds is 4. The van der Waals surface area contributed by atoms with Crippen molar-refractivity contribution in [3.8, 4) is 0 Å². The van der Waals surface area contributed by atoms with E-state index < -0.39 is 5.54 Å². The number of aromatic nitrogens is 1. The van der Waals surface area contributed by atoms with Gasteiger partial charge in [-0.15, -0.1) is 11.3 Å². The molecular formula is C21H25N3O2S. The van der Waals surface area contributed by atoms with Gasteiger partial charge in [0, 0.05) is 19.6 Å². The molecule has 6 heteroatoms. The van der Waals surface area contributed by atoms with Gasteiger partial charge in [0.2, 0.25) is 5.91 Å². The zero-order valence-electron chi connectivity index (χ0n) is 15.7. The summed E-state index contributed by atoms with van der Waals surface area (Å²) in [7, 11) is 0. The fourth-order valence-electron chi connectivity index (χ4n) is 4.47. The molecule has 3 heterocycles. The number of carbonyl (C=O) groups excluding carboxylic acids is 2. The summed E-state index contributed by atoms with van der Waals surface area (Å²) >= 11 is 1.37. The lowest BCUT2D eigenvalue weighted by atomic mass is 9.85. The lowest BCUT2D eigenvalue weighted by molar-refractivity contribution is -0.145. The van der Waals surface area contributed by atoms with Crippen molar-refractivity contribution in [2.45, 2.75) is 44.6 Å². The number of carbonyl (C=O) groups is 2. The highest BCUT2D eigenvalue weighted by atomic mass is 32.1. The predicted molar refractivity (Wildman–Crippen MR) is 106 cm³/mol. The van der Waals surface area contributed by atoms with Gasteiger partial charge in [0.15, 0.2) is 0 Å². The van der Waals surface area contributed by atoms with Crippen LogP contribution in [0, 0.1) is 6.92 Å². The van der Waals surface area contributed by atoms with Gasteiger partial charge in [-0.1, -0.05) is 30.3 Å². The maximum atomic E-state index is 13.5. The zero-order valence-corrected chi connectivity index (χ0v) is 16.5. The Morgan fingerprint density at radius 2 is 1.93 bits per heavy atom. The number of benzene rings is 1. The van der Waals surface area contributed by atoms with E-state index in [1.807, 2.05) is 34.9 Å². The second-order valence-corrected chi connectivity index (χ2v) is 8.34. The van der Waals surface area contributed by atoms with Crippen LogP contribution in [0.15, 0.2) is 35.8 Å². The number of amides is 2. The van der Waals surface area contributed by atoms with E-state index in [-0.39, 0.29) is 11.8 Å². The Morgan fingerprint density at radius 1 is 1.19 bits per heavy atom. The van der Waals surface area contributed by atoms with Gasteiger partial charge in [0.1, 0.15) is 10.4 Å². The van der Waals surface area contributed by atoms with E-state index in [2.05, 4.69) is 17.1 Å². The minimum atomic E-state index is -0.650. The molecule has 4 rings (SSSR count). The maximum absolute atomic E-state index is 13.5. The Morgan fingerprint density at radius 3 is 2.63 bits per heavy atom. The van der Waals surface area contributed by atoms with Gasteiger partial charge in [0.05, 0.1) is 11.2 Å². The number of hydrogen-bond donors (Lipinski definition) is 0. The fraction of sp³-hybridized carbons (Fsp3) is 0.476. The topological polar surface area (TPSA) is 53.5 Å². The highest BCUT2D eigenvalue weighted by Crippen LogP contribution is 2.39. The summed E-state index contributed by atoms with van der Waals surface area (Å²) in [6, 6.07) is 10.3. The molecule has 1 spiro atoms. The molecule has 0 saturated carbocycles. The van der Waals surface area contributed by atoms with E-state index in [1.54, 1.807) is 5.51 Å². The second-order valence-electron chi connectivity index (χ2n) is 7.49. The largest absolute Gasteiger partial charge is 0.340 e. The summed E-state index contributed by atoms with van der Waals surface area (Å²) in [5, 5.41) is 0. The molecule has 0 bridgehead atoms. The highest BCUT2D eigenvalue weighted by Gasteiger charge is 2.53. The van der Waals surface area contributed by atoms with Crippen LogP contribution in [0.4, 0.5) is 0 Å². The molecule has 2 aromatic rings. The standard InChI is InChI=1S/C21H25N3O2S/c1-16-18(27-15-22-16)19(25)24-13-6-11-21(24)10-5-12-23(20(21)26)14-9-17-7-3-2-4-8-17/h2-4,7-8,15H,5-6,9-14H2,1H3. The fourth-order valence-corrected chi connectivity index (χ4v) is 5.22. The summed E-state index contributed by atoms with van der Waals surface area (Å²) in [6.45, 7) is 4.02. The van der Waals surface area contributed by atoms with Crippen molar-refractivity contribution in [3.63, 3.8) is 0 Å². The van der Waals surface area contributed by atoms with Crippen LogP contribution in [0.3, 0.4) is 0 Å². The van der Waals surface area contributed by atoms with E-state index in [1.165, 1.54) is 16.9 Å². The van der Waals surface area contributed by atoms with Crippen LogP contribution in [0.5, 0.6) is 0 Å². The van der Waals surface area contributed by atoms with Gasteiger partial charge < -0.3 is 9.80 Å². The monoisotopic (exact) mass is 383 g/mol. The van der Waals surface area contributed by atoms with Crippen LogP contribution < -0.4 is 0 Å². The molecular weight excluding hydrogens is 358 g/mol. The van der Waals surface area contributed by atoms with Crippen molar-refractivity contribution in [2.75, 3.05) is 19.6 Å². The SMILES string of the molecule is Cc1ncsc1C(=O)N1CCCC12CCCN(CCc1ccccc1)C2=O. The average Bonchev–Trinajstić information content (AvgIpc) is 3.30. The third-order valence-electron chi connectivity index (χ3n) is 5.89. The molecule has 2 amide bonds. The summed E-state index contributed by atoms with van der Waals surface area (Å²) < 4.78 is 0. The van der Waals surface area contributed by atoms with Crippen molar-refractivity contribution < 1.29 is 9.59 Å². The van der Waals surface area contributed by atoms with Crippen LogP contribution in [0.25, 0.3) is 0 Å². The van der Waals surface area contributed by atoms with Crippen molar-refractivity contribution in [2.24, 2.45) is 0 Å². The van der Waals surface area contributed by atoms with E-state index >= 15 is 0 Å². The molecule has 0 radical (unpaired) electrons. The number of nitrogens with zero attached hydrogens (tertiary/aromatic N) is 3. The number of aryl methyl sites for hydroxylation is 1. The van der Waals surface area contributed by atoms with Crippen molar-refractivity contribution in [1.29, 1.82) is 0 Å². The summed E-state index contributed by atoms with van der Waals surface area (Å²) in [5.41, 5.74) is 3.06. The number of thiazole rings is 1. The van der Waals surface area contributed by atoms with E-state index in [0.29, 0.717) is 18.0 Å². The molecule has 0 N–H and O–H groups in total. The van der Waals surface area contributed by atoms with Gasteiger partial charge in [0.25, 0.3) is 5.91 Å². The third-order valence-corrected chi connectivity index (χ3v) is 6.81. The molecule has 1 aromatic carbocycles. The molecule has 2 aliphatic rings. The van der Waals surface area contributed by atoms with E-state index in [9.17, 15) is 9.59 Å². The summed E-state index contributed by atoms with van der Waals surface area (Å²) in [4.78, 5) is 35.3. The highest BCUT2D eigenvalue weighted by molar-refractivity contribution is 7.11. The van der Waals surface area contributed by atoms with E-state index in [0.717, 1.165) is 44.3 Å². The Balaban J connectivity index is 1.53. The molecule has 0 aliphatic carbocycles. The molecule has 142 valence electrons. The first-order valence-corrected chi connectivity index (χ1v) is 10.6. The van der Waals surface area contributed by atoms with Crippen LogP contribution in [0.1, 0.15) is 46.6 Å². The van der Waals surface area contributed by atoms with Gasteiger partial charge in [-0.3, -0.25) is 9.59 Å². The normalized spacial score (nSPS) is 22.6. The van der Waals surface area contributed by atoms with Gasteiger partial charge in [-0.2, -0.15) is 0 Å². The first kappa shape index (κ1) is 18.2. The molecule has 1 aromatic heterocycles. The number of likely N-dealkylation sites (tertiary alicyclic amines) is 2. The molecule has 1 atom stereocenters. The lowest BCUT2D eigenvalue weighted by Crippen LogP contribution is -2.61. The van der Waals surface area contributed by atoms with Crippen molar-refractivity contribution >= 4 is 23.2 Å². The lowest BCUT2D eigenvalue weighted by Gasteiger charge is -2.44. The van der Waals surface area contributed by atoms with Crippen molar-refractivity contribution in [3.05, 3.63) is 52.0 Å². The molecule has 2 fully saturated rings. The summed E-state index contributed by atoms with van der Waals surface area (Å²) in [6.07, 6.45) is 4.24. The Labute approximate surface area is 164 Å². The molecule has 2 aliphatic heterocycles. The Kier molecular flexibility index (Phi) is 5.00. The molecule has 27 heavy (non-hydrogen) atoms. The predicted octanol–water partition coefficient (Wildman–Crippen LogP) is 3.29. The number of piperidine rings is 1. The minimum absolute atomic E-state index is 0.0224. The maximum Gasteiger partial charge on any atom is 0.266 e. The smallest absolute Gasteiger partial charge is 0.266 e. The quantitative estimate of drug-likeness (QED) is 0.814. The Hall–Kier alpha value is -2.21. The van der Waals surface area contributed by atoms with Crippen LogP contribution in [-0.4, -0.2) is 51.8 Å². The molecule has 2 saturated heterocycles. The van der Waals surface area contributed by atoms with Gasteiger partial charge in [-0.25, -0.2) is 4.98 Å².